The summed E-state index contributed by atoms with van der Waals surface area (Å²) in [5.41, 5.74) is 2.43. The number of hydrogen-bond donors (Lipinski definition) is 1. The van der Waals surface area contributed by atoms with Crippen molar-refractivity contribution in [1.82, 2.24) is 5.32 Å². The fourth-order valence-electron chi connectivity index (χ4n) is 1.90. The van der Waals surface area contributed by atoms with E-state index in [0.29, 0.717) is 6.04 Å². The molecule has 0 amide bonds. The van der Waals surface area contributed by atoms with Gasteiger partial charge in [-0.05, 0) is 30.2 Å². The number of halogens is 1. The highest BCUT2D eigenvalue weighted by Crippen LogP contribution is 2.17. The van der Waals surface area contributed by atoms with Crippen LogP contribution in [0.15, 0.2) is 60.7 Å². The average Bonchev–Trinajstić information content (AvgIpc) is 2.44. The van der Waals surface area contributed by atoms with Crippen LogP contribution in [0, 0.1) is 0 Å². The largest absolute Gasteiger partial charge is 0.307 e. The van der Waals surface area contributed by atoms with E-state index in [1.807, 2.05) is 36.4 Å². The lowest BCUT2D eigenvalue weighted by molar-refractivity contribution is 0.618. The van der Waals surface area contributed by atoms with Crippen molar-refractivity contribution in [2.75, 3.05) is 6.54 Å². The first kappa shape index (κ1) is 13.9. The van der Waals surface area contributed by atoms with Crippen LogP contribution in [-0.2, 0) is 0 Å². The average molecular weight is 272 g/mol. The van der Waals surface area contributed by atoms with Crippen molar-refractivity contribution in [2.24, 2.45) is 0 Å². The molecule has 1 atom stereocenters. The Morgan fingerprint density at radius 2 is 1.89 bits per heavy atom. The smallest absolute Gasteiger partial charge is 0.0409 e. The number of benzene rings is 2. The topological polar surface area (TPSA) is 12.0 Å². The van der Waals surface area contributed by atoms with Gasteiger partial charge in [0.1, 0.15) is 0 Å². The van der Waals surface area contributed by atoms with Gasteiger partial charge in [0.15, 0.2) is 0 Å². The molecule has 2 heteroatoms. The maximum atomic E-state index is 5.99. The Morgan fingerprint density at radius 3 is 2.63 bits per heavy atom. The Kier molecular flexibility index (Phi) is 5.20. The van der Waals surface area contributed by atoms with Gasteiger partial charge in [-0.1, -0.05) is 66.2 Å². The fraction of sp³-hybridized carbons (Fsp3) is 0.176. The molecule has 2 aromatic carbocycles. The van der Waals surface area contributed by atoms with Gasteiger partial charge >= 0.3 is 0 Å². The van der Waals surface area contributed by atoms with Crippen LogP contribution in [0.1, 0.15) is 24.1 Å². The summed E-state index contributed by atoms with van der Waals surface area (Å²) >= 11 is 5.99. The molecule has 0 bridgehead atoms. The van der Waals surface area contributed by atoms with Gasteiger partial charge in [-0.15, -0.1) is 0 Å². The van der Waals surface area contributed by atoms with Gasteiger partial charge in [0.05, 0.1) is 0 Å². The van der Waals surface area contributed by atoms with Gasteiger partial charge in [0.2, 0.25) is 0 Å². The predicted molar refractivity (Wildman–Crippen MR) is 83.3 cm³/mol. The Bertz CT molecular complexity index is 534. The van der Waals surface area contributed by atoms with Crippen LogP contribution in [0.3, 0.4) is 0 Å². The summed E-state index contributed by atoms with van der Waals surface area (Å²) in [6.45, 7) is 2.98. The zero-order valence-corrected chi connectivity index (χ0v) is 11.8. The van der Waals surface area contributed by atoms with Gasteiger partial charge < -0.3 is 5.32 Å². The van der Waals surface area contributed by atoms with E-state index in [9.17, 15) is 0 Å². The lowest BCUT2D eigenvalue weighted by Crippen LogP contribution is -2.18. The minimum Gasteiger partial charge on any atom is -0.307 e. The summed E-state index contributed by atoms with van der Waals surface area (Å²) < 4.78 is 0. The molecular weight excluding hydrogens is 254 g/mol. The number of nitrogens with one attached hydrogen (secondary N) is 1. The molecule has 0 aromatic heterocycles. The predicted octanol–water partition coefficient (Wildman–Crippen LogP) is 4.70. The molecule has 0 fully saturated rings. The van der Waals surface area contributed by atoms with Gasteiger partial charge in [-0.25, -0.2) is 0 Å². The third-order valence-electron chi connectivity index (χ3n) is 3.00. The molecule has 0 saturated heterocycles. The second kappa shape index (κ2) is 7.13. The monoisotopic (exact) mass is 271 g/mol. The maximum absolute atomic E-state index is 5.99. The van der Waals surface area contributed by atoms with Crippen molar-refractivity contribution in [3.63, 3.8) is 0 Å². The first-order valence-corrected chi connectivity index (χ1v) is 6.84. The molecule has 1 nitrogen and oxygen atoms in total. The summed E-state index contributed by atoms with van der Waals surface area (Å²) in [5.74, 6) is 0. The molecule has 0 saturated carbocycles. The van der Waals surface area contributed by atoms with E-state index in [2.05, 4.69) is 42.6 Å². The standard InChI is InChI=1S/C17H18ClN/c1-14(16-10-5-11-17(18)13-16)19-12-6-9-15-7-3-2-4-8-15/h2-11,13-14,19H,12H2,1H3/b9-6+/t14-/m0/s1. The van der Waals surface area contributed by atoms with Crippen LogP contribution in [0.2, 0.25) is 5.02 Å². The molecule has 0 aliphatic carbocycles. The quantitative estimate of drug-likeness (QED) is 0.831. The zero-order valence-electron chi connectivity index (χ0n) is 11.0. The van der Waals surface area contributed by atoms with Gasteiger partial charge in [0, 0.05) is 17.6 Å². The molecule has 0 spiro atoms. The maximum Gasteiger partial charge on any atom is 0.0409 e. The molecule has 0 aliphatic rings. The van der Waals surface area contributed by atoms with E-state index in [-0.39, 0.29) is 0 Å². The number of rotatable bonds is 5. The third-order valence-corrected chi connectivity index (χ3v) is 3.24. The van der Waals surface area contributed by atoms with E-state index in [0.717, 1.165) is 11.6 Å². The van der Waals surface area contributed by atoms with Crippen LogP contribution in [0.4, 0.5) is 0 Å². The molecular formula is C17H18ClN. The van der Waals surface area contributed by atoms with Crippen molar-refractivity contribution >= 4 is 17.7 Å². The third kappa shape index (κ3) is 4.55. The Morgan fingerprint density at radius 1 is 1.11 bits per heavy atom. The molecule has 19 heavy (non-hydrogen) atoms. The second-order valence-electron chi connectivity index (χ2n) is 4.50. The first-order chi connectivity index (χ1) is 9.25. The number of hydrogen-bond acceptors (Lipinski definition) is 1. The highest BCUT2D eigenvalue weighted by Gasteiger charge is 2.03. The molecule has 1 N–H and O–H groups in total. The Hall–Kier alpha value is -1.57. The van der Waals surface area contributed by atoms with E-state index in [1.54, 1.807) is 0 Å². The van der Waals surface area contributed by atoms with Crippen molar-refractivity contribution in [3.8, 4) is 0 Å². The van der Waals surface area contributed by atoms with Crippen LogP contribution < -0.4 is 5.32 Å². The molecule has 2 rings (SSSR count). The second-order valence-corrected chi connectivity index (χ2v) is 4.93. The van der Waals surface area contributed by atoms with Crippen molar-refractivity contribution in [1.29, 1.82) is 0 Å². The van der Waals surface area contributed by atoms with Crippen LogP contribution >= 0.6 is 11.6 Å². The fourth-order valence-corrected chi connectivity index (χ4v) is 2.10. The Labute approximate surface area is 119 Å². The lowest BCUT2D eigenvalue weighted by atomic mass is 10.1. The summed E-state index contributed by atoms with van der Waals surface area (Å²) in [4.78, 5) is 0. The lowest BCUT2D eigenvalue weighted by Gasteiger charge is -2.12. The van der Waals surface area contributed by atoms with E-state index < -0.39 is 0 Å². The normalized spacial score (nSPS) is 12.7. The van der Waals surface area contributed by atoms with E-state index in [1.165, 1.54) is 11.1 Å². The van der Waals surface area contributed by atoms with Crippen molar-refractivity contribution in [2.45, 2.75) is 13.0 Å². The minimum absolute atomic E-state index is 0.291. The SMILES string of the molecule is C[C@H](NC/C=C/c1ccccc1)c1cccc(Cl)c1. The highest BCUT2D eigenvalue weighted by atomic mass is 35.5. The molecule has 0 heterocycles. The van der Waals surface area contributed by atoms with Crippen LogP contribution in [0.5, 0.6) is 0 Å². The highest BCUT2D eigenvalue weighted by molar-refractivity contribution is 6.30. The van der Waals surface area contributed by atoms with Crippen molar-refractivity contribution < 1.29 is 0 Å². The minimum atomic E-state index is 0.291. The molecule has 2 aromatic rings. The van der Waals surface area contributed by atoms with Gasteiger partial charge in [0.25, 0.3) is 0 Å². The van der Waals surface area contributed by atoms with Crippen LogP contribution in [0.25, 0.3) is 6.08 Å². The summed E-state index contributed by atoms with van der Waals surface area (Å²) in [6.07, 6.45) is 4.26. The van der Waals surface area contributed by atoms with E-state index in [4.69, 9.17) is 11.6 Å². The molecule has 0 radical (unpaired) electrons. The Balaban J connectivity index is 1.84. The summed E-state index contributed by atoms with van der Waals surface area (Å²) in [6, 6.07) is 18.6. The van der Waals surface area contributed by atoms with E-state index >= 15 is 0 Å². The summed E-state index contributed by atoms with van der Waals surface area (Å²) in [7, 11) is 0. The summed E-state index contributed by atoms with van der Waals surface area (Å²) in [5, 5.41) is 4.23. The van der Waals surface area contributed by atoms with Crippen molar-refractivity contribution in [3.05, 3.63) is 76.8 Å². The molecule has 0 unspecified atom stereocenters. The first-order valence-electron chi connectivity index (χ1n) is 6.46. The van der Waals surface area contributed by atoms with Crippen LogP contribution in [-0.4, -0.2) is 6.54 Å². The van der Waals surface area contributed by atoms with Gasteiger partial charge in [-0.3, -0.25) is 0 Å². The molecule has 0 aliphatic heterocycles. The molecule has 98 valence electrons. The van der Waals surface area contributed by atoms with Gasteiger partial charge in [-0.2, -0.15) is 0 Å². The zero-order chi connectivity index (χ0) is 13.5.